The van der Waals surface area contributed by atoms with Crippen molar-refractivity contribution in [3.05, 3.63) is 5.69 Å². The van der Waals surface area contributed by atoms with Gasteiger partial charge in [0.25, 0.3) is 0 Å². The Balaban J connectivity index is 2.81. The molecule has 0 spiro atoms. The number of hydrogen-bond acceptors (Lipinski definition) is 7. The second-order valence-corrected chi connectivity index (χ2v) is 3.88. The molecule has 7 heteroatoms. The minimum atomic E-state index is -0.413. The highest BCUT2D eigenvalue weighted by atomic mass is 32.1. The standard InChI is InChI=1S/C9H16N4O2S/c1-3-15-8(14)6-7(11-2)16-9(13-6)12-5-4-10/h11H,3-5,10H2,1-2H3,(H,12,13). The van der Waals surface area contributed by atoms with Gasteiger partial charge in [-0.25, -0.2) is 9.78 Å². The van der Waals surface area contributed by atoms with Gasteiger partial charge in [-0.2, -0.15) is 0 Å². The van der Waals surface area contributed by atoms with Gasteiger partial charge in [0.2, 0.25) is 0 Å². The van der Waals surface area contributed by atoms with E-state index in [1.165, 1.54) is 11.3 Å². The lowest BCUT2D eigenvalue weighted by atomic mass is 10.4. The van der Waals surface area contributed by atoms with Crippen LogP contribution in [0.15, 0.2) is 0 Å². The fourth-order valence-corrected chi connectivity index (χ4v) is 1.91. The number of rotatable bonds is 6. The van der Waals surface area contributed by atoms with Crippen LogP contribution in [0.5, 0.6) is 0 Å². The topological polar surface area (TPSA) is 89.3 Å². The molecule has 1 heterocycles. The van der Waals surface area contributed by atoms with Gasteiger partial charge in [0, 0.05) is 20.1 Å². The van der Waals surface area contributed by atoms with E-state index in [9.17, 15) is 4.79 Å². The van der Waals surface area contributed by atoms with Crippen molar-refractivity contribution in [1.82, 2.24) is 4.98 Å². The number of esters is 1. The minimum Gasteiger partial charge on any atom is -0.461 e. The van der Waals surface area contributed by atoms with E-state index in [1.54, 1.807) is 14.0 Å². The van der Waals surface area contributed by atoms with Crippen LogP contribution in [0, 0.1) is 0 Å². The maximum Gasteiger partial charge on any atom is 0.360 e. The third-order valence-corrected chi connectivity index (χ3v) is 2.77. The third-order valence-electron chi connectivity index (χ3n) is 1.74. The molecular formula is C9H16N4O2S. The number of ether oxygens (including phenoxy) is 1. The molecule has 0 saturated heterocycles. The monoisotopic (exact) mass is 244 g/mol. The molecule has 0 radical (unpaired) electrons. The molecule has 1 aromatic rings. The largest absolute Gasteiger partial charge is 0.461 e. The molecule has 0 unspecified atom stereocenters. The summed E-state index contributed by atoms with van der Waals surface area (Å²) in [5.41, 5.74) is 5.68. The van der Waals surface area contributed by atoms with Crippen LogP contribution in [0.2, 0.25) is 0 Å². The maximum absolute atomic E-state index is 11.5. The highest BCUT2D eigenvalue weighted by molar-refractivity contribution is 7.19. The molecule has 4 N–H and O–H groups in total. The molecule has 90 valence electrons. The molecule has 0 atom stereocenters. The van der Waals surface area contributed by atoms with E-state index in [2.05, 4.69) is 15.6 Å². The predicted molar refractivity (Wildman–Crippen MR) is 65.2 cm³/mol. The van der Waals surface area contributed by atoms with Crippen LogP contribution >= 0.6 is 11.3 Å². The van der Waals surface area contributed by atoms with Crippen LogP contribution in [0.25, 0.3) is 0 Å². The highest BCUT2D eigenvalue weighted by Crippen LogP contribution is 2.28. The van der Waals surface area contributed by atoms with E-state index in [-0.39, 0.29) is 0 Å². The Morgan fingerprint density at radius 1 is 1.62 bits per heavy atom. The van der Waals surface area contributed by atoms with Gasteiger partial charge in [0.05, 0.1) is 6.61 Å². The van der Waals surface area contributed by atoms with E-state index < -0.39 is 5.97 Å². The molecule has 0 aliphatic rings. The first-order valence-corrected chi connectivity index (χ1v) is 5.84. The Labute approximate surface area is 98.2 Å². The van der Waals surface area contributed by atoms with Crippen LogP contribution in [0.3, 0.4) is 0 Å². The summed E-state index contributed by atoms with van der Waals surface area (Å²) in [7, 11) is 1.74. The van der Waals surface area contributed by atoms with E-state index >= 15 is 0 Å². The number of nitrogens with one attached hydrogen (secondary N) is 2. The third kappa shape index (κ3) is 3.07. The van der Waals surface area contributed by atoms with Crippen LogP contribution in [0.1, 0.15) is 17.4 Å². The maximum atomic E-state index is 11.5. The zero-order chi connectivity index (χ0) is 12.0. The Kier molecular flexibility index (Phi) is 5.00. The van der Waals surface area contributed by atoms with Crippen LogP contribution in [0.4, 0.5) is 10.1 Å². The smallest absolute Gasteiger partial charge is 0.360 e. The first-order valence-electron chi connectivity index (χ1n) is 5.02. The predicted octanol–water partition coefficient (Wildman–Crippen LogP) is 0.732. The summed E-state index contributed by atoms with van der Waals surface area (Å²) >= 11 is 1.36. The van der Waals surface area contributed by atoms with Gasteiger partial charge in [-0.1, -0.05) is 11.3 Å². The van der Waals surface area contributed by atoms with Crippen molar-refractivity contribution in [3.8, 4) is 0 Å². The number of hydrogen-bond donors (Lipinski definition) is 3. The Bertz CT molecular complexity index is 353. The molecule has 0 aliphatic heterocycles. The van der Waals surface area contributed by atoms with Gasteiger partial charge in [0.1, 0.15) is 5.00 Å². The summed E-state index contributed by atoms with van der Waals surface area (Å²) in [6.07, 6.45) is 0. The molecule has 6 nitrogen and oxygen atoms in total. The van der Waals surface area contributed by atoms with E-state index in [1.807, 2.05) is 0 Å². The van der Waals surface area contributed by atoms with Gasteiger partial charge in [-0.3, -0.25) is 0 Å². The SMILES string of the molecule is CCOC(=O)c1nc(NCCN)sc1NC. The lowest BCUT2D eigenvalue weighted by Gasteiger charge is -2.00. The molecule has 1 aromatic heterocycles. The number of carbonyl (C=O) groups excluding carboxylic acids is 1. The molecule has 0 aliphatic carbocycles. The van der Waals surface area contributed by atoms with Gasteiger partial charge in [-0.05, 0) is 6.92 Å². The second kappa shape index (κ2) is 6.29. The first kappa shape index (κ1) is 12.7. The molecule has 1 rings (SSSR count). The Morgan fingerprint density at radius 3 is 2.94 bits per heavy atom. The Hall–Kier alpha value is -1.34. The van der Waals surface area contributed by atoms with E-state index in [0.29, 0.717) is 35.5 Å². The summed E-state index contributed by atoms with van der Waals surface area (Å²) in [6.45, 7) is 3.24. The minimum absolute atomic E-state index is 0.314. The van der Waals surface area contributed by atoms with Gasteiger partial charge in [-0.15, -0.1) is 0 Å². The zero-order valence-corrected chi connectivity index (χ0v) is 10.2. The molecule has 16 heavy (non-hydrogen) atoms. The average molecular weight is 244 g/mol. The van der Waals surface area contributed by atoms with Gasteiger partial charge >= 0.3 is 5.97 Å². The lowest BCUT2D eigenvalue weighted by molar-refractivity contribution is 0.0521. The summed E-state index contributed by atoms with van der Waals surface area (Å²) < 4.78 is 4.90. The number of aromatic nitrogens is 1. The molecule has 0 saturated carbocycles. The molecule has 0 aromatic carbocycles. The van der Waals surface area contributed by atoms with Crippen molar-refractivity contribution >= 4 is 27.4 Å². The highest BCUT2D eigenvalue weighted by Gasteiger charge is 2.18. The van der Waals surface area contributed by atoms with Crippen molar-refractivity contribution in [2.45, 2.75) is 6.92 Å². The summed E-state index contributed by atoms with van der Waals surface area (Å²) in [5.74, 6) is -0.413. The van der Waals surface area contributed by atoms with Gasteiger partial charge in [0.15, 0.2) is 10.8 Å². The first-order chi connectivity index (χ1) is 7.72. The second-order valence-electron chi connectivity index (χ2n) is 2.88. The van der Waals surface area contributed by atoms with Gasteiger partial charge < -0.3 is 21.1 Å². The molecule has 0 fully saturated rings. The van der Waals surface area contributed by atoms with Crippen LogP contribution < -0.4 is 16.4 Å². The lowest BCUT2D eigenvalue weighted by Crippen LogP contribution is -2.13. The van der Waals surface area contributed by atoms with Crippen molar-refractivity contribution in [2.75, 3.05) is 37.4 Å². The van der Waals surface area contributed by atoms with Crippen molar-refractivity contribution in [3.63, 3.8) is 0 Å². The number of thiazole rings is 1. The van der Waals surface area contributed by atoms with E-state index in [4.69, 9.17) is 10.5 Å². The Morgan fingerprint density at radius 2 is 2.38 bits per heavy atom. The molecule has 0 amide bonds. The fraction of sp³-hybridized carbons (Fsp3) is 0.556. The average Bonchev–Trinajstić information content (AvgIpc) is 2.70. The van der Waals surface area contributed by atoms with Crippen molar-refractivity contribution in [2.24, 2.45) is 5.73 Å². The number of nitrogens with zero attached hydrogens (tertiary/aromatic N) is 1. The fourth-order valence-electron chi connectivity index (χ4n) is 1.08. The van der Waals surface area contributed by atoms with Crippen molar-refractivity contribution < 1.29 is 9.53 Å². The van der Waals surface area contributed by atoms with Crippen molar-refractivity contribution in [1.29, 1.82) is 0 Å². The van der Waals surface area contributed by atoms with Crippen LogP contribution in [-0.2, 0) is 4.74 Å². The quantitative estimate of drug-likeness (QED) is 0.639. The molecular weight excluding hydrogens is 228 g/mol. The summed E-state index contributed by atoms with van der Waals surface area (Å²) in [5, 5.41) is 7.29. The number of anilines is 2. The summed E-state index contributed by atoms with van der Waals surface area (Å²) in [4.78, 5) is 15.7. The zero-order valence-electron chi connectivity index (χ0n) is 9.37. The molecule has 0 bridgehead atoms. The normalized spacial score (nSPS) is 9.94. The van der Waals surface area contributed by atoms with E-state index in [0.717, 1.165) is 0 Å². The number of carbonyl (C=O) groups is 1. The summed E-state index contributed by atoms with van der Waals surface area (Å²) in [6, 6.07) is 0. The van der Waals surface area contributed by atoms with Crippen LogP contribution in [-0.4, -0.2) is 37.7 Å². The number of nitrogens with two attached hydrogens (primary N) is 1.